The molecule has 0 spiro atoms. The van der Waals surface area contributed by atoms with Gasteiger partial charge in [-0.25, -0.2) is 0 Å². The SMILES string of the molecule is CCOc1c(Br)cc(CNC2CCN(C)C2)cc1OC. The van der Waals surface area contributed by atoms with Gasteiger partial charge in [0.2, 0.25) is 0 Å². The highest BCUT2D eigenvalue weighted by molar-refractivity contribution is 9.10. The Morgan fingerprint density at radius 1 is 1.45 bits per heavy atom. The predicted molar refractivity (Wildman–Crippen MR) is 84.6 cm³/mol. The van der Waals surface area contributed by atoms with Crippen LogP contribution in [0, 0.1) is 0 Å². The van der Waals surface area contributed by atoms with Crippen LogP contribution in [-0.4, -0.2) is 44.8 Å². The summed E-state index contributed by atoms with van der Waals surface area (Å²) in [4.78, 5) is 2.35. The Morgan fingerprint density at radius 2 is 2.25 bits per heavy atom. The number of benzene rings is 1. The molecule has 1 N–H and O–H groups in total. The molecule has 4 nitrogen and oxygen atoms in total. The molecule has 1 fully saturated rings. The van der Waals surface area contributed by atoms with E-state index >= 15 is 0 Å². The molecular weight excluding hydrogens is 320 g/mol. The van der Waals surface area contributed by atoms with Crippen molar-refractivity contribution in [3.63, 3.8) is 0 Å². The number of hydrogen-bond acceptors (Lipinski definition) is 4. The maximum atomic E-state index is 5.61. The molecule has 5 heteroatoms. The highest BCUT2D eigenvalue weighted by Gasteiger charge is 2.19. The minimum Gasteiger partial charge on any atom is -0.493 e. The molecule has 0 bridgehead atoms. The standard InChI is InChI=1S/C15H23BrN2O2/c1-4-20-15-13(16)7-11(8-14(15)19-3)9-17-12-5-6-18(2)10-12/h7-8,12,17H,4-6,9-10H2,1-3H3. The molecule has 1 unspecified atom stereocenters. The average Bonchev–Trinajstić information content (AvgIpc) is 2.85. The van der Waals surface area contributed by atoms with Crippen LogP contribution in [0.4, 0.5) is 0 Å². The van der Waals surface area contributed by atoms with Crippen molar-refractivity contribution in [2.45, 2.75) is 25.9 Å². The van der Waals surface area contributed by atoms with Gasteiger partial charge < -0.3 is 19.7 Å². The minimum atomic E-state index is 0.580. The molecule has 1 heterocycles. The van der Waals surface area contributed by atoms with E-state index in [0.717, 1.165) is 29.1 Å². The summed E-state index contributed by atoms with van der Waals surface area (Å²) in [5.74, 6) is 1.56. The van der Waals surface area contributed by atoms with Crippen LogP contribution in [0.1, 0.15) is 18.9 Å². The maximum Gasteiger partial charge on any atom is 0.175 e. The van der Waals surface area contributed by atoms with Crippen LogP contribution in [0.3, 0.4) is 0 Å². The van der Waals surface area contributed by atoms with Crippen molar-refractivity contribution in [1.29, 1.82) is 0 Å². The van der Waals surface area contributed by atoms with Gasteiger partial charge in [0.05, 0.1) is 18.2 Å². The second-order valence-electron chi connectivity index (χ2n) is 5.17. The largest absolute Gasteiger partial charge is 0.493 e. The first-order valence-electron chi connectivity index (χ1n) is 7.05. The highest BCUT2D eigenvalue weighted by Crippen LogP contribution is 2.36. The Kier molecular flexibility index (Phi) is 5.69. The van der Waals surface area contributed by atoms with E-state index in [1.807, 2.05) is 13.0 Å². The third kappa shape index (κ3) is 3.87. The summed E-state index contributed by atoms with van der Waals surface area (Å²) in [5, 5.41) is 3.60. The summed E-state index contributed by atoms with van der Waals surface area (Å²) in [5.41, 5.74) is 1.20. The summed E-state index contributed by atoms with van der Waals surface area (Å²) in [6, 6.07) is 4.72. The Balaban J connectivity index is 2.03. The Hall–Kier alpha value is -0.780. The average molecular weight is 343 g/mol. The highest BCUT2D eigenvalue weighted by atomic mass is 79.9. The van der Waals surface area contributed by atoms with E-state index in [1.165, 1.54) is 18.5 Å². The first-order chi connectivity index (χ1) is 9.63. The number of halogens is 1. The number of methoxy groups -OCH3 is 1. The van der Waals surface area contributed by atoms with Crippen LogP contribution in [0.25, 0.3) is 0 Å². The van der Waals surface area contributed by atoms with Gasteiger partial charge in [-0.3, -0.25) is 0 Å². The number of hydrogen-bond donors (Lipinski definition) is 1. The van der Waals surface area contributed by atoms with Crippen LogP contribution in [0.15, 0.2) is 16.6 Å². The second kappa shape index (κ2) is 7.29. The van der Waals surface area contributed by atoms with Crippen LogP contribution in [-0.2, 0) is 6.54 Å². The van der Waals surface area contributed by atoms with Crippen molar-refractivity contribution in [2.75, 3.05) is 33.9 Å². The molecule has 1 saturated heterocycles. The van der Waals surface area contributed by atoms with Gasteiger partial charge in [-0.2, -0.15) is 0 Å². The van der Waals surface area contributed by atoms with Gasteiger partial charge >= 0.3 is 0 Å². The maximum absolute atomic E-state index is 5.61. The molecule has 0 amide bonds. The monoisotopic (exact) mass is 342 g/mol. The van der Waals surface area contributed by atoms with Gasteiger partial charge in [0.15, 0.2) is 11.5 Å². The molecule has 20 heavy (non-hydrogen) atoms. The van der Waals surface area contributed by atoms with Crippen LogP contribution in [0.2, 0.25) is 0 Å². The Morgan fingerprint density at radius 3 is 2.85 bits per heavy atom. The number of likely N-dealkylation sites (tertiary alicyclic amines) is 1. The lowest BCUT2D eigenvalue weighted by Gasteiger charge is -2.16. The fraction of sp³-hybridized carbons (Fsp3) is 0.600. The van der Waals surface area contributed by atoms with E-state index in [4.69, 9.17) is 9.47 Å². The third-order valence-corrected chi connectivity index (χ3v) is 4.15. The summed E-state index contributed by atoms with van der Waals surface area (Å²) in [6.07, 6.45) is 1.21. The molecule has 2 rings (SSSR count). The summed E-state index contributed by atoms with van der Waals surface area (Å²) >= 11 is 3.56. The molecular formula is C15H23BrN2O2. The lowest BCUT2D eigenvalue weighted by Crippen LogP contribution is -2.30. The fourth-order valence-electron chi connectivity index (χ4n) is 2.52. The van der Waals surface area contributed by atoms with Crippen molar-refractivity contribution in [3.05, 3.63) is 22.2 Å². The zero-order chi connectivity index (χ0) is 14.5. The van der Waals surface area contributed by atoms with E-state index in [9.17, 15) is 0 Å². The number of ether oxygens (including phenoxy) is 2. The van der Waals surface area contributed by atoms with Gasteiger partial charge in [-0.05, 0) is 60.6 Å². The smallest absolute Gasteiger partial charge is 0.175 e. The molecule has 0 aliphatic carbocycles. The van der Waals surface area contributed by atoms with Crippen molar-refractivity contribution in [2.24, 2.45) is 0 Å². The Labute approximate surface area is 129 Å². The first kappa shape index (κ1) is 15.6. The molecule has 112 valence electrons. The van der Waals surface area contributed by atoms with Crippen LogP contribution < -0.4 is 14.8 Å². The van der Waals surface area contributed by atoms with E-state index < -0.39 is 0 Å². The minimum absolute atomic E-state index is 0.580. The topological polar surface area (TPSA) is 33.7 Å². The first-order valence-corrected chi connectivity index (χ1v) is 7.84. The van der Waals surface area contributed by atoms with E-state index in [1.54, 1.807) is 7.11 Å². The molecule has 0 aromatic heterocycles. The van der Waals surface area contributed by atoms with Crippen molar-refractivity contribution >= 4 is 15.9 Å². The quantitative estimate of drug-likeness (QED) is 0.861. The molecule has 1 aromatic rings. The van der Waals surface area contributed by atoms with Gasteiger partial charge in [0.25, 0.3) is 0 Å². The van der Waals surface area contributed by atoms with Gasteiger partial charge in [-0.15, -0.1) is 0 Å². The third-order valence-electron chi connectivity index (χ3n) is 3.56. The molecule has 1 aromatic carbocycles. The Bertz CT molecular complexity index is 454. The number of nitrogens with zero attached hydrogens (tertiary/aromatic N) is 1. The molecule has 0 saturated carbocycles. The zero-order valence-corrected chi connectivity index (χ0v) is 14.0. The van der Waals surface area contributed by atoms with Gasteiger partial charge in [-0.1, -0.05) is 0 Å². The molecule has 1 aliphatic heterocycles. The van der Waals surface area contributed by atoms with E-state index in [-0.39, 0.29) is 0 Å². The lowest BCUT2D eigenvalue weighted by molar-refractivity contribution is 0.308. The molecule has 0 radical (unpaired) electrons. The van der Waals surface area contributed by atoms with Crippen molar-refractivity contribution in [1.82, 2.24) is 10.2 Å². The fourth-order valence-corrected chi connectivity index (χ4v) is 3.13. The second-order valence-corrected chi connectivity index (χ2v) is 6.03. The zero-order valence-electron chi connectivity index (χ0n) is 12.4. The summed E-state index contributed by atoms with van der Waals surface area (Å²) in [7, 11) is 3.84. The summed E-state index contributed by atoms with van der Waals surface area (Å²) < 4.78 is 12.0. The number of likely N-dealkylation sites (N-methyl/N-ethyl adjacent to an activating group) is 1. The normalized spacial score (nSPS) is 19.3. The van der Waals surface area contributed by atoms with Crippen molar-refractivity contribution in [3.8, 4) is 11.5 Å². The molecule has 1 aliphatic rings. The van der Waals surface area contributed by atoms with Crippen molar-refractivity contribution < 1.29 is 9.47 Å². The number of nitrogens with one attached hydrogen (secondary N) is 1. The van der Waals surface area contributed by atoms with Gasteiger partial charge in [0.1, 0.15) is 0 Å². The lowest BCUT2D eigenvalue weighted by atomic mass is 10.1. The molecule has 1 atom stereocenters. The van der Waals surface area contributed by atoms with Crippen LogP contribution in [0.5, 0.6) is 11.5 Å². The number of rotatable bonds is 6. The predicted octanol–water partition coefficient (Wildman–Crippen LogP) is 2.65. The van der Waals surface area contributed by atoms with Crippen LogP contribution >= 0.6 is 15.9 Å². The van der Waals surface area contributed by atoms with E-state index in [0.29, 0.717) is 12.6 Å². The summed E-state index contributed by atoms with van der Waals surface area (Å²) in [6.45, 7) is 5.74. The van der Waals surface area contributed by atoms with Gasteiger partial charge in [0, 0.05) is 19.1 Å². The van der Waals surface area contributed by atoms with E-state index in [2.05, 4.69) is 39.3 Å².